The van der Waals surface area contributed by atoms with Crippen LogP contribution in [-0.4, -0.2) is 15.6 Å². The lowest BCUT2D eigenvalue weighted by Crippen LogP contribution is -2.19. The van der Waals surface area contributed by atoms with Gasteiger partial charge in [0.15, 0.2) is 0 Å². The van der Waals surface area contributed by atoms with Crippen molar-refractivity contribution >= 4 is 5.78 Å². The van der Waals surface area contributed by atoms with Crippen molar-refractivity contribution in [1.82, 2.24) is 0 Å². The molecule has 0 aliphatic heterocycles. The predicted molar refractivity (Wildman–Crippen MR) is 39.8 cm³/mol. The van der Waals surface area contributed by atoms with Crippen molar-refractivity contribution in [2.75, 3.05) is 0 Å². The van der Waals surface area contributed by atoms with Crippen molar-refractivity contribution in [2.24, 2.45) is 0 Å². The van der Waals surface area contributed by atoms with Crippen LogP contribution in [0.15, 0.2) is 23.5 Å². The van der Waals surface area contributed by atoms with Gasteiger partial charge in [0.25, 0.3) is 0 Å². The number of carbonyl (C=O) groups is 1. The summed E-state index contributed by atoms with van der Waals surface area (Å²) >= 11 is 0. The van der Waals surface area contributed by atoms with Crippen LogP contribution in [0, 0.1) is 20.2 Å². The molecule has 0 spiro atoms. The first-order valence-corrected chi connectivity index (χ1v) is 3.27. The number of Topliss-reactive ketones (excluding diaryl/α,β-unsaturated/α-hetero) is 1. The molecule has 68 valence electrons. The van der Waals surface area contributed by atoms with Gasteiger partial charge in [-0.05, 0) is 0 Å². The fraction of sp³-hybridized carbons (Fsp3) is 0.167. The summed E-state index contributed by atoms with van der Waals surface area (Å²) in [6, 6.07) is 0. The summed E-state index contributed by atoms with van der Waals surface area (Å²) in [6.07, 6.45) is 2.04. The molecule has 0 aromatic heterocycles. The third kappa shape index (κ3) is 1.58. The Bertz CT molecular complexity index is 354. The van der Waals surface area contributed by atoms with Crippen LogP contribution < -0.4 is 0 Å². The second-order valence-corrected chi connectivity index (χ2v) is 2.28. The van der Waals surface area contributed by atoms with Crippen molar-refractivity contribution in [3.63, 3.8) is 0 Å². The topological polar surface area (TPSA) is 103 Å². The fourth-order valence-electron chi connectivity index (χ4n) is 0.939. The van der Waals surface area contributed by atoms with Crippen molar-refractivity contribution < 1.29 is 14.6 Å². The first-order chi connectivity index (χ1) is 6.04. The molecule has 0 bridgehead atoms. The minimum atomic E-state index is -1.02. The molecule has 1 rings (SSSR count). The van der Waals surface area contributed by atoms with E-state index in [0.717, 1.165) is 6.08 Å². The maximum absolute atomic E-state index is 10.9. The maximum Gasteiger partial charge on any atom is 0.388 e. The van der Waals surface area contributed by atoms with E-state index < -0.39 is 27.0 Å². The van der Waals surface area contributed by atoms with E-state index in [1.807, 2.05) is 0 Å². The molecule has 0 atom stereocenters. The smallest absolute Gasteiger partial charge is 0.287 e. The lowest BCUT2D eigenvalue weighted by Gasteiger charge is -1.99. The number of nitrogens with zero attached hydrogens (tertiary/aromatic N) is 2. The molecule has 0 N–H and O–H groups in total. The minimum Gasteiger partial charge on any atom is -0.287 e. The molecule has 0 aromatic rings. The Balaban J connectivity index is 3.28. The Kier molecular flexibility index (Phi) is 2.18. The molecule has 0 radical (unpaired) electrons. The van der Waals surface area contributed by atoms with Crippen molar-refractivity contribution in [1.29, 1.82) is 0 Å². The summed E-state index contributed by atoms with van der Waals surface area (Å²) in [5.41, 5.74) is -1.69. The van der Waals surface area contributed by atoms with E-state index >= 15 is 0 Å². The van der Waals surface area contributed by atoms with Gasteiger partial charge in [0.2, 0.25) is 5.78 Å². The Hall–Kier alpha value is -2.05. The monoisotopic (exact) mass is 184 g/mol. The van der Waals surface area contributed by atoms with E-state index in [1.165, 1.54) is 6.08 Å². The SMILES string of the molecule is O=C1CC=CC([N+](=O)[O-])=C1[N+](=O)[O-]. The third-order valence-electron chi connectivity index (χ3n) is 1.46. The number of nitro groups is 2. The normalized spacial score (nSPS) is 16.2. The van der Waals surface area contributed by atoms with Gasteiger partial charge in [0.1, 0.15) is 0 Å². The lowest BCUT2D eigenvalue weighted by molar-refractivity contribution is -0.463. The molecule has 0 amide bonds. The summed E-state index contributed by atoms with van der Waals surface area (Å²) in [6.45, 7) is 0. The average molecular weight is 184 g/mol. The quantitative estimate of drug-likeness (QED) is 0.452. The highest BCUT2D eigenvalue weighted by molar-refractivity contribution is 5.95. The highest BCUT2D eigenvalue weighted by Gasteiger charge is 2.35. The summed E-state index contributed by atoms with van der Waals surface area (Å²) in [7, 11) is 0. The molecule has 1 aliphatic carbocycles. The Morgan fingerprint density at radius 1 is 1.23 bits per heavy atom. The summed E-state index contributed by atoms with van der Waals surface area (Å²) in [4.78, 5) is 29.5. The molecule has 0 saturated carbocycles. The second kappa shape index (κ2) is 3.13. The van der Waals surface area contributed by atoms with Crippen molar-refractivity contribution in [3.8, 4) is 0 Å². The van der Waals surface area contributed by atoms with E-state index in [0.29, 0.717) is 0 Å². The number of allylic oxidation sites excluding steroid dienone is 3. The fourth-order valence-corrected chi connectivity index (χ4v) is 0.939. The van der Waals surface area contributed by atoms with Gasteiger partial charge in [0, 0.05) is 12.5 Å². The molecular weight excluding hydrogens is 180 g/mol. The molecule has 0 saturated heterocycles. The van der Waals surface area contributed by atoms with Gasteiger partial charge >= 0.3 is 11.4 Å². The van der Waals surface area contributed by atoms with E-state index in [1.54, 1.807) is 0 Å². The van der Waals surface area contributed by atoms with Gasteiger partial charge in [-0.15, -0.1) is 0 Å². The van der Waals surface area contributed by atoms with Crippen LogP contribution in [0.3, 0.4) is 0 Å². The molecule has 7 heteroatoms. The molecule has 0 unspecified atom stereocenters. The zero-order chi connectivity index (χ0) is 10.0. The molecule has 7 nitrogen and oxygen atoms in total. The number of hydrogen-bond donors (Lipinski definition) is 0. The highest BCUT2D eigenvalue weighted by atomic mass is 16.6. The van der Waals surface area contributed by atoms with Gasteiger partial charge in [0.05, 0.1) is 9.85 Å². The maximum atomic E-state index is 10.9. The van der Waals surface area contributed by atoms with E-state index in [4.69, 9.17) is 0 Å². The molecule has 1 aliphatic rings. The largest absolute Gasteiger partial charge is 0.388 e. The van der Waals surface area contributed by atoms with Crippen LogP contribution >= 0.6 is 0 Å². The number of hydrogen-bond acceptors (Lipinski definition) is 5. The van der Waals surface area contributed by atoms with Crippen LogP contribution in [0.5, 0.6) is 0 Å². The minimum absolute atomic E-state index is 0.159. The van der Waals surface area contributed by atoms with Gasteiger partial charge in [-0.2, -0.15) is 0 Å². The van der Waals surface area contributed by atoms with E-state index in [-0.39, 0.29) is 6.42 Å². The predicted octanol–water partition coefficient (Wildman–Crippen LogP) is 0.280. The van der Waals surface area contributed by atoms with Gasteiger partial charge in [-0.25, -0.2) is 0 Å². The van der Waals surface area contributed by atoms with Crippen molar-refractivity contribution in [2.45, 2.75) is 6.42 Å². The van der Waals surface area contributed by atoms with Gasteiger partial charge in [-0.1, -0.05) is 6.08 Å². The lowest BCUT2D eigenvalue weighted by atomic mass is 10.1. The zero-order valence-electron chi connectivity index (χ0n) is 6.30. The molecule has 0 heterocycles. The van der Waals surface area contributed by atoms with Gasteiger partial charge in [-0.3, -0.25) is 25.0 Å². The van der Waals surface area contributed by atoms with Crippen LogP contribution in [0.4, 0.5) is 0 Å². The Morgan fingerprint density at radius 2 is 1.85 bits per heavy atom. The number of carbonyl (C=O) groups excluding carboxylic acids is 1. The van der Waals surface area contributed by atoms with Crippen LogP contribution in [0.25, 0.3) is 0 Å². The van der Waals surface area contributed by atoms with E-state index in [2.05, 4.69) is 0 Å². The summed E-state index contributed by atoms with van der Waals surface area (Å²) in [5, 5.41) is 20.5. The molecule has 0 aromatic carbocycles. The highest BCUT2D eigenvalue weighted by Crippen LogP contribution is 2.16. The van der Waals surface area contributed by atoms with Crippen LogP contribution in [0.1, 0.15) is 6.42 Å². The van der Waals surface area contributed by atoms with Crippen LogP contribution in [0.2, 0.25) is 0 Å². The number of ketones is 1. The standard InChI is InChI=1S/C6H4N2O5/c9-5-3-1-2-4(7(10)11)6(5)8(12)13/h1-2H,3H2. The van der Waals surface area contributed by atoms with Crippen molar-refractivity contribution in [3.05, 3.63) is 43.8 Å². The summed E-state index contributed by atoms with van der Waals surface area (Å²) in [5.74, 6) is -0.834. The molecule has 0 fully saturated rings. The second-order valence-electron chi connectivity index (χ2n) is 2.28. The molecular formula is C6H4N2O5. The van der Waals surface area contributed by atoms with Gasteiger partial charge < -0.3 is 0 Å². The first kappa shape index (κ1) is 9.04. The third-order valence-corrected chi connectivity index (χ3v) is 1.46. The Morgan fingerprint density at radius 3 is 2.23 bits per heavy atom. The number of rotatable bonds is 2. The Labute approximate surface area is 71.6 Å². The zero-order valence-corrected chi connectivity index (χ0v) is 6.30. The van der Waals surface area contributed by atoms with E-state index in [9.17, 15) is 25.0 Å². The first-order valence-electron chi connectivity index (χ1n) is 3.27. The van der Waals surface area contributed by atoms with Crippen LogP contribution in [-0.2, 0) is 4.79 Å². The summed E-state index contributed by atoms with van der Waals surface area (Å²) < 4.78 is 0. The average Bonchev–Trinajstić information content (AvgIpc) is 2.02. The molecule has 13 heavy (non-hydrogen) atoms.